The van der Waals surface area contributed by atoms with Gasteiger partial charge in [0.05, 0.1) is 24.9 Å². The highest BCUT2D eigenvalue weighted by Gasteiger charge is 2.28. The minimum Gasteiger partial charge on any atom is -0.462 e. The Kier molecular flexibility index (Phi) is 8.03. The lowest BCUT2D eigenvalue weighted by Gasteiger charge is -2.22. The highest BCUT2D eigenvalue weighted by atomic mass is 16.5. The number of esters is 1. The first-order chi connectivity index (χ1) is 20.9. The highest BCUT2D eigenvalue weighted by Crippen LogP contribution is 2.33. The summed E-state index contributed by atoms with van der Waals surface area (Å²) in [4.78, 5) is 47.8. The number of methoxy groups -OCH3 is 1. The molecule has 0 unspecified atom stereocenters. The van der Waals surface area contributed by atoms with Crippen molar-refractivity contribution in [1.82, 2.24) is 9.55 Å². The lowest BCUT2D eigenvalue weighted by Crippen LogP contribution is -2.32. The van der Waals surface area contributed by atoms with Crippen molar-refractivity contribution in [2.75, 3.05) is 49.8 Å². The second kappa shape index (κ2) is 12.0. The molecule has 2 aromatic carbocycles. The predicted octanol–water partition coefficient (Wildman–Crippen LogP) is 5.24. The second-order valence-electron chi connectivity index (χ2n) is 11.1. The molecule has 0 aliphatic carbocycles. The monoisotopic (exact) mass is 584 g/mol. The smallest absolute Gasteiger partial charge is 0.343 e. The second-order valence-corrected chi connectivity index (χ2v) is 11.1. The van der Waals surface area contributed by atoms with Gasteiger partial charge in [-0.1, -0.05) is 6.07 Å². The van der Waals surface area contributed by atoms with E-state index in [2.05, 4.69) is 9.80 Å². The molecular formula is C33H36N4O6. The van der Waals surface area contributed by atoms with Crippen molar-refractivity contribution in [1.29, 1.82) is 0 Å². The Morgan fingerprint density at radius 1 is 1.02 bits per heavy atom. The SMILES string of the molecule is CCOC(=O)c1cn(-c2ccc3nc(N4CCC[C@@H]4COC)oc3c2)c(-c2ccc(N3CCCC3)c(C(C)=O)c2)cc1=O. The van der Waals surface area contributed by atoms with Crippen molar-refractivity contribution in [3.63, 3.8) is 0 Å². The van der Waals surface area contributed by atoms with Crippen molar-refractivity contribution in [3.8, 4) is 16.9 Å². The van der Waals surface area contributed by atoms with Gasteiger partial charge in [0.2, 0.25) is 0 Å². The maximum atomic E-state index is 13.2. The van der Waals surface area contributed by atoms with Crippen LogP contribution in [-0.2, 0) is 9.47 Å². The normalized spacial score (nSPS) is 16.8. The summed E-state index contributed by atoms with van der Waals surface area (Å²) < 4.78 is 18.6. The minimum absolute atomic E-state index is 0.0508. The number of hydrogen-bond donors (Lipinski definition) is 0. The minimum atomic E-state index is -0.692. The first-order valence-corrected chi connectivity index (χ1v) is 14.9. The first kappa shape index (κ1) is 28.7. The summed E-state index contributed by atoms with van der Waals surface area (Å²) in [5.74, 6) is -0.743. The standard InChI is InChI=1S/C33H36N4O6/c1-4-42-32(40)26-19-37(23-10-11-27-31(17-23)43-33(34-27)36-15-7-8-24(36)20-41-3)29(18-30(26)39)22-9-12-28(25(16-22)21(2)38)35-13-5-6-14-35/h9-12,16-19,24H,4-8,13-15,20H2,1-3H3/t24-/m1/s1. The Labute approximate surface area is 249 Å². The molecular weight excluding hydrogens is 548 g/mol. The van der Waals surface area contributed by atoms with Crippen LogP contribution in [0.25, 0.3) is 28.0 Å². The quantitative estimate of drug-likeness (QED) is 0.193. The van der Waals surface area contributed by atoms with Gasteiger partial charge in [0.1, 0.15) is 11.1 Å². The number of rotatable bonds is 9. The number of aromatic nitrogens is 2. The van der Waals surface area contributed by atoms with E-state index in [1.807, 2.05) is 36.4 Å². The molecule has 2 aliphatic rings. The molecule has 1 atom stereocenters. The van der Waals surface area contributed by atoms with Crippen LogP contribution in [0.5, 0.6) is 0 Å². The van der Waals surface area contributed by atoms with Crippen molar-refractivity contribution in [2.45, 2.75) is 45.6 Å². The summed E-state index contributed by atoms with van der Waals surface area (Å²) in [7, 11) is 1.70. The number of nitrogens with zero attached hydrogens (tertiary/aromatic N) is 4. The fourth-order valence-corrected chi connectivity index (χ4v) is 6.17. The van der Waals surface area contributed by atoms with Crippen LogP contribution in [0, 0.1) is 0 Å². The molecule has 0 N–H and O–H groups in total. The highest BCUT2D eigenvalue weighted by molar-refractivity contribution is 6.01. The molecule has 4 heterocycles. The number of ketones is 1. The number of oxazole rings is 1. The van der Waals surface area contributed by atoms with Crippen LogP contribution >= 0.6 is 0 Å². The Morgan fingerprint density at radius 3 is 2.58 bits per heavy atom. The summed E-state index contributed by atoms with van der Waals surface area (Å²) in [5, 5.41) is 0. The van der Waals surface area contributed by atoms with Gasteiger partial charge < -0.3 is 28.3 Å². The third-order valence-electron chi connectivity index (χ3n) is 8.29. The van der Waals surface area contributed by atoms with E-state index in [9.17, 15) is 14.4 Å². The third-order valence-corrected chi connectivity index (χ3v) is 8.29. The molecule has 43 heavy (non-hydrogen) atoms. The van der Waals surface area contributed by atoms with Gasteiger partial charge in [-0.05, 0) is 69.4 Å². The van der Waals surface area contributed by atoms with Crippen molar-refractivity contribution in [2.24, 2.45) is 0 Å². The van der Waals surface area contributed by atoms with Crippen molar-refractivity contribution < 1.29 is 23.5 Å². The van der Waals surface area contributed by atoms with E-state index in [1.165, 1.54) is 12.3 Å². The van der Waals surface area contributed by atoms with Gasteiger partial charge >= 0.3 is 5.97 Å². The zero-order valence-corrected chi connectivity index (χ0v) is 24.8. The number of hydrogen-bond acceptors (Lipinski definition) is 9. The van der Waals surface area contributed by atoms with Gasteiger partial charge in [-0.25, -0.2) is 4.79 Å². The summed E-state index contributed by atoms with van der Waals surface area (Å²) in [6, 6.07) is 13.5. The number of fused-ring (bicyclic) bond motifs is 1. The molecule has 4 aromatic rings. The van der Waals surface area contributed by atoms with Gasteiger partial charge in [0.15, 0.2) is 16.8 Å². The fourth-order valence-electron chi connectivity index (χ4n) is 6.17. The molecule has 0 saturated carbocycles. The Hall–Kier alpha value is -4.44. The lowest BCUT2D eigenvalue weighted by atomic mass is 10.0. The van der Waals surface area contributed by atoms with E-state index in [-0.39, 0.29) is 24.0 Å². The van der Waals surface area contributed by atoms with Gasteiger partial charge in [-0.3, -0.25) is 9.59 Å². The summed E-state index contributed by atoms with van der Waals surface area (Å²) in [6.07, 6.45) is 5.72. The fraction of sp³-hybridized carbons (Fsp3) is 0.394. The number of pyridine rings is 1. The largest absolute Gasteiger partial charge is 0.462 e. The van der Waals surface area contributed by atoms with Crippen LogP contribution in [0.3, 0.4) is 0 Å². The van der Waals surface area contributed by atoms with Crippen LogP contribution < -0.4 is 15.2 Å². The number of Topliss-reactive ketones (excluding diaryl/α,β-unsaturated/α-hetero) is 1. The molecule has 0 spiro atoms. The zero-order chi connectivity index (χ0) is 30.1. The van der Waals surface area contributed by atoms with Gasteiger partial charge in [-0.2, -0.15) is 4.98 Å². The van der Waals surface area contributed by atoms with Gasteiger partial charge in [0, 0.05) is 62.0 Å². The van der Waals surface area contributed by atoms with E-state index in [0.29, 0.717) is 46.2 Å². The van der Waals surface area contributed by atoms with E-state index in [0.717, 1.165) is 51.0 Å². The van der Waals surface area contributed by atoms with E-state index >= 15 is 0 Å². The Balaban J connectivity index is 1.47. The first-order valence-electron chi connectivity index (χ1n) is 14.9. The number of carbonyl (C=O) groups excluding carboxylic acids is 2. The van der Waals surface area contributed by atoms with Crippen molar-refractivity contribution in [3.05, 3.63) is 70.0 Å². The molecule has 10 nitrogen and oxygen atoms in total. The van der Waals surface area contributed by atoms with Gasteiger partial charge in [0.25, 0.3) is 6.01 Å². The molecule has 2 saturated heterocycles. The van der Waals surface area contributed by atoms with Crippen LogP contribution in [0.1, 0.15) is 60.2 Å². The maximum absolute atomic E-state index is 13.2. The molecule has 2 fully saturated rings. The topological polar surface area (TPSA) is 107 Å². The van der Waals surface area contributed by atoms with Crippen LogP contribution in [0.15, 0.2) is 57.9 Å². The molecule has 224 valence electrons. The summed E-state index contributed by atoms with van der Waals surface area (Å²) in [5.41, 5.74) is 4.11. The Morgan fingerprint density at radius 2 is 1.84 bits per heavy atom. The zero-order valence-electron chi connectivity index (χ0n) is 24.8. The molecule has 0 amide bonds. The number of benzene rings is 2. The molecule has 0 radical (unpaired) electrons. The molecule has 10 heteroatoms. The molecule has 6 rings (SSSR count). The number of ether oxygens (including phenoxy) is 2. The maximum Gasteiger partial charge on any atom is 0.343 e. The Bertz CT molecular complexity index is 1740. The average Bonchev–Trinajstić information content (AvgIpc) is 3.78. The van der Waals surface area contributed by atoms with E-state index in [1.54, 1.807) is 25.5 Å². The molecule has 2 aliphatic heterocycles. The summed E-state index contributed by atoms with van der Waals surface area (Å²) >= 11 is 0. The number of anilines is 2. The van der Waals surface area contributed by atoms with Crippen molar-refractivity contribution >= 4 is 34.6 Å². The summed E-state index contributed by atoms with van der Waals surface area (Å²) in [6.45, 7) is 6.65. The average molecular weight is 585 g/mol. The predicted molar refractivity (Wildman–Crippen MR) is 165 cm³/mol. The van der Waals surface area contributed by atoms with E-state index < -0.39 is 11.4 Å². The van der Waals surface area contributed by atoms with Crippen LogP contribution in [0.4, 0.5) is 11.7 Å². The third kappa shape index (κ3) is 5.54. The lowest BCUT2D eigenvalue weighted by molar-refractivity contribution is 0.0524. The molecule has 0 bridgehead atoms. The molecule has 2 aromatic heterocycles. The van der Waals surface area contributed by atoms with Crippen LogP contribution in [0.2, 0.25) is 0 Å². The van der Waals surface area contributed by atoms with E-state index in [4.69, 9.17) is 18.9 Å². The van der Waals surface area contributed by atoms with Gasteiger partial charge in [-0.15, -0.1) is 0 Å². The van der Waals surface area contributed by atoms with Crippen LogP contribution in [-0.4, -0.2) is 67.3 Å². The number of carbonyl (C=O) groups is 2.